The van der Waals surface area contributed by atoms with Crippen molar-refractivity contribution in [2.75, 3.05) is 20.2 Å². The molecule has 0 saturated carbocycles. The van der Waals surface area contributed by atoms with Gasteiger partial charge in [0.15, 0.2) is 0 Å². The molecule has 2 heterocycles. The third kappa shape index (κ3) is 3.02. The molecule has 1 unspecified atom stereocenters. The van der Waals surface area contributed by atoms with E-state index in [0.717, 1.165) is 42.5 Å². The number of carbonyl (C=O) groups is 1. The van der Waals surface area contributed by atoms with Gasteiger partial charge < -0.3 is 14.2 Å². The van der Waals surface area contributed by atoms with Crippen LogP contribution in [0.5, 0.6) is 0 Å². The van der Waals surface area contributed by atoms with Crippen molar-refractivity contribution in [3.8, 4) is 0 Å². The molecule has 1 amide bonds. The Hall–Kier alpha value is -1.81. The van der Waals surface area contributed by atoms with Gasteiger partial charge in [0.2, 0.25) is 0 Å². The minimum Gasteiger partial charge on any atom is -0.378 e. The molecule has 4 nitrogen and oxygen atoms in total. The monoisotopic (exact) mass is 300 g/mol. The molecule has 1 atom stereocenters. The number of nitrogens with zero attached hydrogens (tertiary/aromatic N) is 2. The molecule has 0 aliphatic carbocycles. The standard InChI is InChI=1S/C18H24N2O2/c1-19(11-5-7-14-8-6-12-22-14)18(21)16-13-20(2)17-10-4-3-9-15(16)17/h3-4,9-10,13-14H,5-8,11-12H2,1-2H3. The van der Waals surface area contributed by atoms with Crippen LogP contribution in [0.2, 0.25) is 0 Å². The van der Waals surface area contributed by atoms with Crippen molar-refractivity contribution >= 4 is 16.8 Å². The Labute approximate surface area is 131 Å². The highest BCUT2D eigenvalue weighted by Gasteiger charge is 2.19. The van der Waals surface area contributed by atoms with Crippen LogP contribution in [-0.2, 0) is 11.8 Å². The quantitative estimate of drug-likeness (QED) is 0.850. The Kier molecular flexibility index (Phi) is 4.48. The van der Waals surface area contributed by atoms with E-state index in [0.29, 0.717) is 6.10 Å². The number of benzene rings is 1. The highest BCUT2D eigenvalue weighted by molar-refractivity contribution is 6.06. The van der Waals surface area contributed by atoms with Gasteiger partial charge in [0.05, 0.1) is 11.7 Å². The SMILES string of the molecule is CN(CCCC1CCCO1)C(=O)c1cn(C)c2ccccc12. The first-order chi connectivity index (χ1) is 10.7. The normalized spacial score (nSPS) is 18.0. The van der Waals surface area contributed by atoms with Crippen molar-refractivity contribution in [3.05, 3.63) is 36.0 Å². The maximum Gasteiger partial charge on any atom is 0.255 e. The minimum absolute atomic E-state index is 0.101. The summed E-state index contributed by atoms with van der Waals surface area (Å²) in [5, 5.41) is 1.03. The lowest BCUT2D eigenvalue weighted by Gasteiger charge is -2.18. The molecule has 1 aromatic carbocycles. The van der Waals surface area contributed by atoms with Gasteiger partial charge in [0.1, 0.15) is 0 Å². The third-order valence-corrected chi connectivity index (χ3v) is 4.52. The maximum absolute atomic E-state index is 12.7. The summed E-state index contributed by atoms with van der Waals surface area (Å²) in [7, 11) is 3.87. The molecule has 1 fully saturated rings. The predicted molar refractivity (Wildman–Crippen MR) is 88.1 cm³/mol. The van der Waals surface area contributed by atoms with Crippen molar-refractivity contribution in [3.63, 3.8) is 0 Å². The fourth-order valence-electron chi connectivity index (χ4n) is 3.25. The second-order valence-electron chi connectivity index (χ2n) is 6.17. The predicted octanol–water partition coefficient (Wildman–Crippen LogP) is 3.21. The van der Waals surface area contributed by atoms with Crippen molar-refractivity contribution in [1.29, 1.82) is 0 Å². The zero-order valence-corrected chi connectivity index (χ0v) is 13.4. The fraction of sp³-hybridized carbons (Fsp3) is 0.500. The van der Waals surface area contributed by atoms with Crippen LogP contribution in [0.1, 0.15) is 36.0 Å². The van der Waals surface area contributed by atoms with E-state index in [1.807, 2.05) is 54.0 Å². The summed E-state index contributed by atoms with van der Waals surface area (Å²) in [5.41, 5.74) is 1.89. The van der Waals surface area contributed by atoms with Crippen LogP contribution >= 0.6 is 0 Å². The maximum atomic E-state index is 12.7. The lowest BCUT2D eigenvalue weighted by molar-refractivity contribution is 0.0764. The van der Waals surface area contributed by atoms with Gasteiger partial charge in [-0.05, 0) is 31.7 Å². The Bertz CT molecular complexity index is 656. The average Bonchev–Trinajstić information content (AvgIpc) is 3.15. The van der Waals surface area contributed by atoms with E-state index in [1.54, 1.807) is 0 Å². The largest absolute Gasteiger partial charge is 0.378 e. The highest BCUT2D eigenvalue weighted by atomic mass is 16.5. The third-order valence-electron chi connectivity index (χ3n) is 4.52. The molecule has 0 spiro atoms. The number of rotatable bonds is 5. The van der Waals surface area contributed by atoms with Crippen LogP contribution in [0.15, 0.2) is 30.5 Å². The van der Waals surface area contributed by atoms with Gasteiger partial charge in [-0.25, -0.2) is 0 Å². The molecule has 0 radical (unpaired) electrons. The number of amides is 1. The topological polar surface area (TPSA) is 34.5 Å². The molecule has 1 aliphatic rings. The number of ether oxygens (including phenoxy) is 1. The molecule has 0 N–H and O–H groups in total. The first-order valence-corrected chi connectivity index (χ1v) is 8.08. The van der Waals surface area contributed by atoms with Crippen molar-refractivity contribution in [2.45, 2.75) is 31.8 Å². The first kappa shape index (κ1) is 15.1. The summed E-state index contributed by atoms with van der Waals surface area (Å²) < 4.78 is 7.65. The highest BCUT2D eigenvalue weighted by Crippen LogP contribution is 2.22. The van der Waals surface area contributed by atoms with Crippen LogP contribution in [0.3, 0.4) is 0 Å². The van der Waals surface area contributed by atoms with E-state index >= 15 is 0 Å². The fourth-order valence-corrected chi connectivity index (χ4v) is 3.25. The molecule has 1 aromatic heterocycles. The lowest BCUT2D eigenvalue weighted by Crippen LogP contribution is -2.28. The van der Waals surface area contributed by atoms with E-state index < -0.39 is 0 Å². The van der Waals surface area contributed by atoms with E-state index in [1.165, 1.54) is 12.8 Å². The first-order valence-electron chi connectivity index (χ1n) is 8.08. The molecule has 1 aliphatic heterocycles. The Morgan fingerprint density at radius 1 is 1.41 bits per heavy atom. The number of hydrogen-bond acceptors (Lipinski definition) is 2. The Morgan fingerprint density at radius 2 is 2.23 bits per heavy atom. The summed E-state index contributed by atoms with van der Waals surface area (Å²) in [5.74, 6) is 0.101. The summed E-state index contributed by atoms with van der Waals surface area (Å²) >= 11 is 0. The van der Waals surface area contributed by atoms with Crippen molar-refractivity contribution < 1.29 is 9.53 Å². The van der Waals surface area contributed by atoms with Gasteiger partial charge in [-0.15, -0.1) is 0 Å². The van der Waals surface area contributed by atoms with Gasteiger partial charge >= 0.3 is 0 Å². The van der Waals surface area contributed by atoms with Crippen molar-refractivity contribution in [2.24, 2.45) is 7.05 Å². The van der Waals surface area contributed by atoms with E-state index in [9.17, 15) is 4.79 Å². The molecular weight excluding hydrogens is 276 g/mol. The molecule has 1 saturated heterocycles. The van der Waals surface area contributed by atoms with E-state index in [-0.39, 0.29) is 5.91 Å². The zero-order valence-electron chi connectivity index (χ0n) is 13.4. The summed E-state index contributed by atoms with van der Waals surface area (Å²) in [4.78, 5) is 14.5. The molecule has 118 valence electrons. The van der Waals surface area contributed by atoms with Crippen LogP contribution in [0.25, 0.3) is 10.9 Å². The summed E-state index contributed by atoms with van der Waals surface area (Å²) in [6.45, 7) is 1.68. The van der Waals surface area contributed by atoms with Gasteiger partial charge in [0, 0.05) is 44.3 Å². The van der Waals surface area contributed by atoms with Crippen LogP contribution in [0.4, 0.5) is 0 Å². The lowest BCUT2D eigenvalue weighted by atomic mass is 10.1. The molecule has 3 rings (SSSR count). The summed E-state index contributed by atoms with van der Waals surface area (Å²) in [6, 6.07) is 8.05. The molecule has 4 heteroatoms. The van der Waals surface area contributed by atoms with Gasteiger partial charge in [0.25, 0.3) is 5.91 Å². The van der Waals surface area contributed by atoms with Crippen LogP contribution in [0, 0.1) is 0 Å². The Balaban J connectivity index is 1.64. The van der Waals surface area contributed by atoms with Crippen LogP contribution in [-0.4, -0.2) is 41.7 Å². The van der Waals surface area contributed by atoms with Gasteiger partial charge in [-0.2, -0.15) is 0 Å². The zero-order chi connectivity index (χ0) is 15.5. The number of fused-ring (bicyclic) bond motifs is 1. The molecule has 22 heavy (non-hydrogen) atoms. The van der Waals surface area contributed by atoms with Crippen molar-refractivity contribution in [1.82, 2.24) is 9.47 Å². The number of aromatic nitrogens is 1. The summed E-state index contributed by atoms with van der Waals surface area (Å²) in [6.07, 6.45) is 6.73. The molecule has 2 aromatic rings. The number of aryl methyl sites for hydroxylation is 1. The smallest absolute Gasteiger partial charge is 0.255 e. The second-order valence-corrected chi connectivity index (χ2v) is 6.17. The van der Waals surface area contributed by atoms with Crippen LogP contribution < -0.4 is 0 Å². The number of para-hydroxylation sites is 1. The van der Waals surface area contributed by atoms with Gasteiger partial charge in [-0.3, -0.25) is 4.79 Å². The minimum atomic E-state index is 0.101. The Morgan fingerprint density at radius 3 is 3.00 bits per heavy atom. The molecule has 0 bridgehead atoms. The molecular formula is C18H24N2O2. The second kappa shape index (κ2) is 6.53. The van der Waals surface area contributed by atoms with Gasteiger partial charge in [-0.1, -0.05) is 18.2 Å². The van der Waals surface area contributed by atoms with E-state index in [2.05, 4.69) is 0 Å². The average molecular weight is 300 g/mol. The van der Waals surface area contributed by atoms with E-state index in [4.69, 9.17) is 4.74 Å². The number of carbonyl (C=O) groups excluding carboxylic acids is 1. The number of hydrogen-bond donors (Lipinski definition) is 0.